The number of benzene rings is 1. The Morgan fingerprint density at radius 1 is 1.29 bits per heavy atom. The fourth-order valence-corrected chi connectivity index (χ4v) is 2.62. The molecule has 0 N–H and O–H groups in total. The topological polar surface area (TPSA) is 9.23 Å². The van der Waals surface area contributed by atoms with Crippen molar-refractivity contribution >= 4 is 0 Å². The minimum Gasteiger partial charge on any atom is -0.494 e. The molecule has 1 fully saturated rings. The van der Waals surface area contributed by atoms with Crippen LogP contribution in [0.25, 0.3) is 0 Å². The van der Waals surface area contributed by atoms with Crippen molar-refractivity contribution in [1.82, 2.24) is 0 Å². The Hall–Kier alpha value is -1.31. The maximum Gasteiger partial charge on any atom is 0.165 e. The van der Waals surface area contributed by atoms with E-state index < -0.39 is 0 Å². The van der Waals surface area contributed by atoms with E-state index in [2.05, 4.69) is 6.58 Å². The molecule has 0 atom stereocenters. The van der Waals surface area contributed by atoms with Crippen LogP contribution in [0, 0.1) is 11.7 Å². The lowest BCUT2D eigenvalue weighted by atomic mass is 9.79. The van der Waals surface area contributed by atoms with E-state index in [1.165, 1.54) is 20.0 Å². The normalized spacial score (nSPS) is 24.4. The van der Waals surface area contributed by atoms with Crippen LogP contribution in [0.3, 0.4) is 0 Å². The van der Waals surface area contributed by atoms with Gasteiger partial charge in [0.2, 0.25) is 0 Å². The van der Waals surface area contributed by atoms with E-state index in [1.54, 1.807) is 12.1 Å². The number of halogens is 1. The predicted octanol–water partition coefficient (Wildman–Crippen LogP) is 4.29. The van der Waals surface area contributed by atoms with Gasteiger partial charge >= 0.3 is 0 Å². The molecule has 1 aliphatic carbocycles. The highest BCUT2D eigenvalue weighted by Gasteiger charge is 2.21. The summed E-state index contributed by atoms with van der Waals surface area (Å²) >= 11 is 0. The third kappa shape index (κ3) is 2.68. The minimum atomic E-state index is -0.254. The summed E-state index contributed by atoms with van der Waals surface area (Å²) in [5.74, 6) is 1.21. The van der Waals surface area contributed by atoms with E-state index in [4.69, 9.17) is 4.74 Å². The fraction of sp³-hybridized carbons (Fsp3) is 0.467. The summed E-state index contributed by atoms with van der Waals surface area (Å²) in [6, 6.07) is 5.34. The van der Waals surface area contributed by atoms with Gasteiger partial charge in [-0.2, -0.15) is 0 Å². The second-order valence-electron chi connectivity index (χ2n) is 4.74. The first-order valence-corrected chi connectivity index (χ1v) is 6.20. The van der Waals surface area contributed by atoms with Gasteiger partial charge in [-0.1, -0.05) is 12.1 Å². The van der Waals surface area contributed by atoms with E-state index in [0.717, 1.165) is 18.4 Å². The van der Waals surface area contributed by atoms with Crippen LogP contribution in [0.5, 0.6) is 5.75 Å². The van der Waals surface area contributed by atoms with Gasteiger partial charge in [-0.05, 0) is 55.2 Å². The minimum absolute atomic E-state index is 0.254. The standard InChI is InChI=1S/C15H19FO/c1-3-11-4-6-12(7-5-11)13-8-9-15(17-2)14(16)10-13/h3,8-12H,1,4-7H2,2H3/t11-,12-. The first-order valence-electron chi connectivity index (χ1n) is 6.20. The molecule has 0 aliphatic heterocycles. The smallest absolute Gasteiger partial charge is 0.165 e. The lowest BCUT2D eigenvalue weighted by Gasteiger charge is -2.27. The quantitative estimate of drug-likeness (QED) is 0.709. The molecule has 1 aromatic rings. The lowest BCUT2D eigenvalue weighted by molar-refractivity contribution is 0.370. The molecule has 0 radical (unpaired) electrons. The fourth-order valence-electron chi connectivity index (χ4n) is 2.62. The summed E-state index contributed by atoms with van der Waals surface area (Å²) in [6.07, 6.45) is 6.64. The van der Waals surface area contributed by atoms with Crippen molar-refractivity contribution < 1.29 is 9.13 Å². The van der Waals surface area contributed by atoms with Gasteiger partial charge in [-0.25, -0.2) is 4.39 Å². The molecule has 2 rings (SSSR count). The highest BCUT2D eigenvalue weighted by Crippen LogP contribution is 2.37. The third-order valence-electron chi connectivity index (χ3n) is 3.75. The molecular weight excluding hydrogens is 215 g/mol. The van der Waals surface area contributed by atoms with Crippen LogP contribution in [0.4, 0.5) is 4.39 Å². The van der Waals surface area contributed by atoms with E-state index in [9.17, 15) is 4.39 Å². The van der Waals surface area contributed by atoms with Gasteiger partial charge in [0.05, 0.1) is 7.11 Å². The molecule has 92 valence electrons. The van der Waals surface area contributed by atoms with E-state index >= 15 is 0 Å². The summed E-state index contributed by atoms with van der Waals surface area (Å²) < 4.78 is 18.5. The van der Waals surface area contributed by atoms with Gasteiger partial charge in [0.1, 0.15) is 0 Å². The lowest BCUT2D eigenvalue weighted by Crippen LogP contribution is -2.11. The van der Waals surface area contributed by atoms with Crippen LogP contribution in [0.2, 0.25) is 0 Å². The molecule has 0 amide bonds. The molecule has 1 saturated carbocycles. The second kappa shape index (κ2) is 5.35. The number of hydrogen-bond acceptors (Lipinski definition) is 1. The Balaban J connectivity index is 2.08. The van der Waals surface area contributed by atoms with Crippen LogP contribution in [-0.2, 0) is 0 Å². The van der Waals surface area contributed by atoms with Crippen molar-refractivity contribution in [3.8, 4) is 5.75 Å². The van der Waals surface area contributed by atoms with E-state index in [-0.39, 0.29) is 5.82 Å². The molecule has 17 heavy (non-hydrogen) atoms. The zero-order chi connectivity index (χ0) is 12.3. The van der Waals surface area contributed by atoms with Crippen molar-refractivity contribution in [2.45, 2.75) is 31.6 Å². The predicted molar refractivity (Wildman–Crippen MR) is 67.8 cm³/mol. The average Bonchev–Trinajstić information content (AvgIpc) is 2.39. The zero-order valence-corrected chi connectivity index (χ0v) is 10.3. The van der Waals surface area contributed by atoms with Gasteiger partial charge < -0.3 is 4.74 Å². The molecular formula is C15H19FO. The van der Waals surface area contributed by atoms with Gasteiger partial charge in [0, 0.05) is 0 Å². The Morgan fingerprint density at radius 2 is 2.00 bits per heavy atom. The largest absolute Gasteiger partial charge is 0.494 e. The van der Waals surface area contributed by atoms with Crippen LogP contribution in [0.1, 0.15) is 37.2 Å². The van der Waals surface area contributed by atoms with Gasteiger partial charge in [0.15, 0.2) is 11.6 Å². The molecule has 1 aliphatic rings. The Bertz CT molecular complexity index is 392. The molecule has 0 spiro atoms. The number of ether oxygens (including phenoxy) is 1. The number of hydrogen-bond donors (Lipinski definition) is 0. The monoisotopic (exact) mass is 234 g/mol. The van der Waals surface area contributed by atoms with Crippen molar-refractivity contribution in [2.24, 2.45) is 5.92 Å². The van der Waals surface area contributed by atoms with Crippen molar-refractivity contribution in [2.75, 3.05) is 7.11 Å². The zero-order valence-electron chi connectivity index (χ0n) is 10.3. The van der Waals surface area contributed by atoms with Crippen LogP contribution in [0.15, 0.2) is 30.9 Å². The molecule has 1 nitrogen and oxygen atoms in total. The molecule has 0 heterocycles. The van der Waals surface area contributed by atoms with E-state index in [0.29, 0.717) is 17.6 Å². The molecule has 0 aromatic heterocycles. The summed E-state index contributed by atoms with van der Waals surface area (Å²) in [5, 5.41) is 0. The number of allylic oxidation sites excluding steroid dienone is 1. The average molecular weight is 234 g/mol. The Labute approximate surface area is 102 Å². The summed E-state index contributed by atoms with van der Waals surface area (Å²) in [4.78, 5) is 0. The summed E-state index contributed by atoms with van der Waals surface area (Å²) in [7, 11) is 1.49. The molecule has 0 saturated heterocycles. The van der Waals surface area contributed by atoms with Crippen molar-refractivity contribution in [1.29, 1.82) is 0 Å². The molecule has 1 aromatic carbocycles. The molecule has 2 heteroatoms. The summed E-state index contributed by atoms with van der Waals surface area (Å²) in [5.41, 5.74) is 1.10. The van der Waals surface area contributed by atoms with Gasteiger partial charge in [-0.3, -0.25) is 0 Å². The Morgan fingerprint density at radius 3 is 2.53 bits per heavy atom. The summed E-state index contributed by atoms with van der Waals surface area (Å²) in [6.45, 7) is 3.84. The SMILES string of the molecule is C=C[C@H]1CC[C@H](c2ccc(OC)c(F)c2)CC1. The first-order chi connectivity index (χ1) is 8.24. The van der Waals surface area contributed by atoms with Gasteiger partial charge in [-0.15, -0.1) is 6.58 Å². The van der Waals surface area contributed by atoms with Crippen molar-refractivity contribution in [3.63, 3.8) is 0 Å². The van der Waals surface area contributed by atoms with Crippen LogP contribution < -0.4 is 4.74 Å². The number of rotatable bonds is 3. The Kier molecular flexibility index (Phi) is 3.82. The van der Waals surface area contributed by atoms with Crippen LogP contribution >= 0.6 is 0 Å². The second-order valence-corrected chi connectivity index (χ2v) is 4.74. The molecule has 0 bridgehead atoms. The first kappa shape index (κ1) is 12.2. The highest BCUT2D eigenvalue weighted by molar-refractivity contribution is 5.31. The van der Waals surface area contributed by atoms with Crippen LogP contribution in [-0.4, -0.2) is 7.11 Å². The number of methoxy groups -OCH3 is 1. The highest BCUT2D eigenvalue weighted by atomic mass is 19.1. The maximum atomic E-state index is 13.6. The molecule has 0 unspecified atom stereocenters. The van der Waals surface area contributed by atoms with E-state index in [1.807, 2.05) is 12.1 Å². The van der Waals surface area contributed by atoms with Gasteiger partial charge in [0.25, 0.3) is 0 Å². The maximum absolute atomic E-state index is 13.6. The van der Waals surface area contributed by atoms with Crippen molar-refractivity contribution in [3.05, 3.63) is 42.2 Å². The third-order valence-corrected chi connectivity index (χ3v) is 3.75.